The predicted octanol–water partition coefficient (Wildman–Crippen LogP) is 1.88. The molecule has 70 valence electrons. The first-order valence-corrected chi connectivity index (χ1v) is 4.90. The first-order chi connectivity index (χ1) is 6.31. The Labute approximate surface area is 83.1 Å². The van der Waals surface area contributed by atoms with Gasteiger partial charge in [0.15, 0.2) is 0 Å². The summed E-state index contributed by atoms with van der Waals surface area (Å²) >= 11 is 6.04. The van der Waals surface area contributed by atoms with Crippen LogP contribution in [0.1, 0.15) is 5.56 Å². The van der Waals surface area contributed by atoms with Crippen LogP contribution in [0.3, 0.4) is 0 Å². The quantitative estimate of drug-likeness (QED) is 0.720. The van der Waals surface area contributed by atoms with E-state index >= 15 is 0 Å². The number of para-hydroxylation sites is 1. The zero-order valence-electron chi connectivity index (χ0n) is 7.39. The van der Waals surface area contributed by atoms with E-state index in [1.54, 1.807) is 0 Å². The fraction of sp³-hybridized carbons (Fsp3) is 0.400. The van der Waals surface area contributed by atoms with Gasteiger partial charge in [0.1, 0.15) is 0 Å². The lowest BCUT2D eigenvalue weighted by Gasteiger charge is -2.25. The molecular weight excluding hydrogens is 184 g/mol. The van der Waals surface area contributed by atoms with Crippen LogP contribution in [0, 0.1) is 5.92 Å². The van der Waals surface area contributed by atoms with Gasteiger partial charge in [-0.15, -0.1) is 0 Å². The van der Waals surface area contributed by atoms with Crippen LogP contribution in [-0.4, -0.2) is 13.1 Å². The van der Waals surface area contributed by atoms with Crippen molar-refractivity contribution in [2.45, 2.75) is 6.42 Å². The largest absolute Gasteiger partial charge is 0.383 e. The zero-order chi connectivity index (χ0) is 9.26. The third kappa shape index (κ3) is 1.64. The summed E-state index contributed by atoms with van der Waals surface area (Å²) < 4.78 is 0. The normalized spacial score (nSPS) is 20.6. The van der Waals surface area contributed by atoms with E-state index in [0.717, 1.165) is 30.2 Å². The average Bonchev–Trinajstić information content (AvgIpc) is 2.18. The highest BCUT2D eigenvalue weighted by Gasteiger charge is 2.18. The van der Waals surface area contributed by atoms with E-state index in [0.29, 0.717) is 5.92 Å². The van der Waals surface area contributed by atoms with Gasteiger partial charge in [-0.2, -0.15) is 0 Å². The van der Waals surface area contributed by atoms with Gasteiger partial charge in [0.05, 0.1) is 10.7 Å². The van der Waals surface area contributed by atoms with Crippen molar-refractivity contribution in [2.75, 3.05) is 18.4 Å². The topological polar surface area (TPSA) is 38.0 Å². The third-order valence-electron chi connectivity index (χ3n) is 2.51. The van der Waals surface area contributed by atoms with Crippen LogP contribution in [-0.2, 0) is 6.42 Å². The monoisotopic (exact) mass is 196 g/mol. The third-order valence-corrected chi connectivity index (χ3v) is 2.82. The second-order valence-electron chi connectivity index (χ2n) is 3.46. The lowest BCUT2D eigenvalue weighted by molar-refractivity contribution is 0.550. The van der Waals surface area contributed by atoms with E-state index in [2.05, 4.69) is 11.4 Å². The molecule has 1 atom stereocenters. The van der Waals surface area contributed by atoms with Gasteiger partial charge in [-0.1, -0.05) is 23.7 Å². The van der Waals surface area contributed by atoms with Crippen LogP contribution in [0.4, 0.5) is 5.69 Å². The Hall–Kier alpha value is -0.730. The van der Waals surface area contributed by atoms with E-state index in [4.69, 9.17) is 17.3 Å². The molecule has 2 nitrogen and oxygen atoms in total. The number of nitrogens with two attached hydrogens (primary N) is 1. The molecule has 1 aliphatic heterocycles. The number of halogens is 1. The van der Waals surface area contributed by atoms with E-state index in [9.17, 15) is 0 Å². The van der Waals surface area contributed by atoms with E-state index < -0.39 is 0 Å². The van der Waals surface area contributed by atoms with Crippen molar-refractivity contribution in [2.24, 2.45) is 11.7 Å². The minimum atomic E-state index is 0.547. The highest BCUT2D eigenvalue weighted by Crippen LogP contribution is 2.30. The van der Waals surface area contributed by atoms with Gasteiger partial charge in [0, 0.05) is 6.54 Å². The molecule has 0 amide bonds. The van der Waals surface area contributed by atoms with E-state index in [-0.39, 0.29) is 0 Å². The lowest BCUT2D eigenvalue weighted by atomic mass is 9.94. The fourth-order valence-electron chi connectivity index (χ4n) is 1.73. The molecule has 1 aromatic carbocycles. The van der Waals surface area contributed by atoms with Crippen LogP contribution in [0.5, 0.6) is 0 Å². The number of anilines is 1. The van der Waals surface area contributed by atoms with Gasteiger partial charge >= 0.3 is 0 Å². The summed E-state index contributed by atoms with van der Waals surface area (Å²) in [5.74, 6) is 0.547. The summed E-state index contributed by atoms with van der Waals surface area (Å²) in [5.41, 5.74) is 8.00. The molecule has 0 saturated heterocycles. The second-order valence-corrected chi connectivity index (χ2v) is 3.87. The second kappa shape index (κ2) is 3.56. The Morgan fingerprint density at radius 2 is 2.38 bits per heavy atom. The zero-order valence-corrected chi connectivity index (χ0v) is 8.14. The maximum atomic E-state index is 6.04. The molecule has 1 aromatic rings. The summed E-state index contributed by atoms with van der Waals surface area (Å²) in [7, 11) is 0. The first-order valence-electron chi connectivity index (χ1n) is 4.52. The number of nitrogens with one attached hydrogen (secondary N) is 1. The number of fused-ring (bicyclic) bond motifs is 1. The van der Waals surface area contributed by atoms with Crippen molar-refractivity contribution in [3.63, 3.8) is 0 Å². The van der Waals surface area contributed by atoms with Gasteiger partial charge in [0.25, 0.3) is 0 Å². The summed E-state index contributed by atoms with van der Waals surface area (Å²) in [5, 5.41) is 4.13. The van der Waals surface area contributed by atoms with Crippen LogP contribution in [0.25, 0.3) is 0 Å². The van der Waals surface area contributed by atoms with Crippen LogP contribution < -0.4 is 11.1 Å². The predicted molar refractivity (Wildman–Crippen MR) is 56.2 cm³/mol. The molecule has 0 saturated carbocycles. The molecule has 3 N–H and O–H groups in total. The smallest absolute Gasteiger partial charge is 0.0640 e. The van der Waals surface area contributed by atoms with Crippen molar-refractivity contribution in [3.05, 3.63) is 28.8 Å². The summed E-state index contributed by atoms with van der Waals surface area (Å²) in [4.78, 5) is 0. The Morgan fingerprint density at radius 3 is 3.15 bits per heavy atom. The minimum absolute atomic E-state index is 0.547. The van der Waals surface area contributed by atoms with E-state index in [1.807, 2.05) is 12.1 Å². The molecule has 1 unspecified atom stereocenters. The van der Waals surface area contributed by atoms with Crippen molar-refractivity contribution in [3.8, 4) is 0 Å². The van der Waals surface area contributed by atoms with Crippen LogP contribution in [0.2, 0.25) is 5.02 Å². The molecule has 0 aliphatic carbocycles. The SMILES string of the molecule is NCC1CNc2c(Cl)cccc2C1. The van der Waals surface area contributed by atoms with Crippen LogP contribution >= 0.6 is 11.6 Å². The summed E-state index contributed by atoms with van der Waals surface area (Å²) in [6.07, 6.45) is 1.04. The van der Waals surface area contributed by atoms with Crippen LogP contribution in [0.15, 0.2) is 18.2 Å². The Morgan fingerprint density at radius 1 is 1.54 bits per heavy atom. The molecule has 13 heavy (non-hydrogen) atoms. The highest BCUT2D eigenvalue weighted by atomic mass is 35.5. The Bertz CT molecular complexity index is 312. The van der Waals surface area contributed by atoms with Crippen molar-refractivity contribution >= 4 is 17.3 Å². The highest BCUT2D eigenvalue weighted by molar-refractivity contribution is 6.33. The number of hydrogen-bond acceptors (Lipinski definition) is 2. The maximum Gasteiger partial charge on any atom is 0.0640 e. The molecule has 0 aromatic heterocycles. The standard InChI is InChI=1S/C10H13ClN2/c11-9-3-1-2-8-4-7(5-12)6-13-10(8)9/h1-3,7,13H,4-6,12H2. The lowest BCUT2D eigenvalue weighted by Crippen LogP contribution is -2.29. The van der Waals surface area contributed by atoms with Gasteiger partial charge in [0.2, 0.25) is 0 Å². The summed E-state index contributed by atoms with van der Waals surface area (Å²) in [6.45, 7) is 1.67. The number of benzene rings is 1. The molecule has 1 heterocycles. The molecule has 0 bridgehead atoms. The van der Waals surface area contributed by atoms with Gasteiger partial charge in [-0.05, 0) is 30.5 Å². The minimum Gasteiger partial charge on any atom is -0.383 e. The molecule has 1 aliphatic rings. The molecule has 0 spiro atoms. The molecule has 0 fully saturated rings. The summed E-state index contributed by atoms with van der Waals surface area (Å²) in [6, 6.07) is 6.01. The van der Waals surface area contributed by atoms with Crippen molar-refractivity contribution in [1.29, 1.82) is 0 Å². The molecule has 0 radical (unpaired) electrons. The van der Waals surface area contributed by atoms with E-state index in [1.165, 1.54) is 5.56 Å². The maximum absolute atomic E-state index is 6.04. The average molecular weight is 197 g/mol. The molecule has 3 heteroatoms. The van der Waals surface area contributed by atoms with Crippen molar-refractivity contribution < 1.29 is 0 Å². The first kappa shape index (κ1) is 8.85. The number of rotatable bonds is 1. The molecular formula is C10H13ClN2. The Kier molecular flexibility index (Phi) is 2.42. The molecule has 2 rings (SSSR count). The Balaban J connectivity index is 2.31. The fourth-order valence-corrected chi connectivity index (χ4v) is 1.99. The van der Waals surface area contributed by atoms with Gasteiger partial charge in [-0.3, -0.25) is 0 Å². The van der Waals surface area contributed by atoms with Gasteiger partial charge < -0.3 is 11.1 Å². The van der Waals surface area contributed by atoms with Gasteiger partial charge in [-0.25, -0.2) is 0 Å². The van der Waals surface area contributed by atoms with Crippen molar-refractivity contribution in [1.82, 2.24) is 0 Å². The number of hydrogen-bond donors (Lipinski definition) is 2.